The average Bonchev–Trinajstić information content (AvgIpc) is 2.14. The number of hydrogen-bond donors (Lipinski definition) is 0. The lowest BCUT2D eigenvalue weighted by Crippen LogP contribution is -2.37. The van der Waals surface area contributed by atoms with Crippen molar-refractivity contribution in [2.75, 3.05) is 14.1 Å². The molecule has 3 heteroatoms. The van der Waals surface area contributed by atoms with E-state index in [0.29, 0.717) is 6.23 Å². The molecule has 0 fully saturated rings. The van der Waals surface area contributed by atoms with Crippen molar-refractivity contribution < 1.29 is 3.79 Å². The minimum Gasteiger partial charge on any atom is -0.487 e. The van der Waals surface area contributed by atoms with Crippen LogP contribution >= 0.6 is 0 Å². The van der Waals surface area contributed by atoms with Crippen molar-refractivity contribution >= 4 is 14.5 Å². The summed E-state index contributed by atoms with van der Waals surface area (Å²) in [7, 11) is 4.27. The van der Waals surface area contributed by atoms with Crippen molar-refractivity contribution in [2.24, 2.45) is 11.8 Å². The van der Waals surface area contributed by atoms with Gasteiger partial charge >= 0.3 is 14.5 Å². The summed E-state index contributed by atoms with van der Waals surface area (Å²) in [5, 5.41) is 2.62. The molecule has 0 bridgehead atoms. The van der Waals surface area contributed by atoms with E-state index in [1.54, 1.807) is 0 Å². The lowest BCUT2D eigenvalue weighted by molar-refractivity contribution is 0.0518. The minimum absolute atomic E-state index is 0.342. The Hall–Kier alpha value is 0.452. The van der Waals surface area contributed by atoms with Crippen molar-refractivity contribution in [3.05, 3.63) is 0 Å². The molecule has 0 rings (SSSR count). The van der Waals surface area contributed by atoms with Crippen LogP contribution in [-0.4, -0.2) is 39.7 Å². The highest BCUT2D eigenvalue weighted by Gasteiger charge is 2.27. The Kier molecular flexibility index (Phi) is 9.64. The van der Waals surface area contributed by atoms with E-state index in [-0.39, 0.29) is 0 Å². The second kappa shape index (κ2) is 9.39. The average molecular weight is 257 g/mol. The molecule has 0 aromatic carbocycles. The van der Waals surface area contributed by atoms with E-state index in [0.717, 1.165) is 18.3 Å². The zero-order chi connectivity index (χ0) is 13.4. The van der Waals surface area contributed by atoms with Gasteiger partial charge in [-0.3, -0.25) is 4.90 Å². The van der Waals surface area contributed by atoms with Gasteiger partial charge in [-0.1, -0.05) is 63.4 Å². The summed E-state index contributed by atoms with van der Waals surface area (Å²) in [6.07, 6.45) is 2.70. The summed E-state index contributed by atoms with van der Waals surface area (Å²) in [5.74, 6) is 1.55. The molecule has 0 amide bonds. The van der Waals surface area contributed by atoms with Crippen LogP contribution in [0.5, 0.6) is 0 Å². The van der Waals surface area contributed by atoms with E-state index < -0.39 is 14.5 Å². The van der Waals surface area contributed by atoms with Gasteiger partial charge in [0, 0.05) is 0 Å². The lowest BCUT2D eigenvalue weighted by atomic mass is 10.3. The molecule has 0 aromatic heterocycles. The van der Waals surface area contributed by atoms with Crippen LogP contribution in [0.2, 0.25) is 10.6 Å². The minimum atomic E-state index is -1.04. The summed E-state index contributed by atoms with van der Waals surface area (Å²) in [6, 6.07) is 0. The summed E-state index contributed by atoms with van der Waals surface area (Å²) in [5.41, 5.74) is 0. The maximum Gasteiger partial charge on any atom is 0.462 e. The van der Waals surface area contributed by atoms with Gasteiger partial charge in [0.1, 0.15) is 0 Å². The SMILES string of the molecule is CCCC([O][Al]([CH2]C(C)C)[CH2]C(C)C)N(C)C. The Morgan fingerprint density at radius 1 is 1.00 bits per heavy atom. The first kappa shape index (κ1) is 17.5. The first-order valence-corrected chi connectivity index (χ1v) is 9.29. The van der Waals surface area contributed by atoms with Gasteiger partial charge in [0.2, 0.25) is 0 Å². The molecule has 1 atom stereocenters. The van der Waals surface area contributed by atoms with Crippen LogP contribution in [0.15, 0.2) is 0 Å². The summed E-state index contributed by atoms with van der Waals surface area (Å²) < 4.78 is 6.44. The second-order valence-electron chi connectivity index (χ2n) is 6.22. The van der Waals surface area contributed by atoms with Gasteiger partial charge in [-0.25, -0.2) is 0 Å². The molecular formula is C14H32AlNO. The Morgan fingerprint density at radius 2 is 1.47 bits per heavy atom. The molecule has 0 saturated carbocycles. The van der Waals surface area contributed by atoms with Crippen molar-refractivity contribution in [1.82, 2.24) is 4.90 Å². The molecule has 0 spiro atoms. The molecule has 0 saturated heterocycles. The van der Waals surface area contributed by atoms with Crippen LogP contribution in [0.3, 0.4) is 0 Å². The van der Waals surface area contributed by atoms with Crippen LogP contribution in [0, 0.1) is 11.8 Å². The second-order valence-corrected chi connectivity index (χ2v) is 8.68. The highest BCUT2D eigenvalue weighted by molar-refractivity contribution is 6.52. The zero-order valence-corrected chi connectivity index (χ0v) is 14.1. The van der Waals surface area contributed by atoms with E-state index in [2.05, 4.69) is 53.6 Å². The van der Waals surface area contributed by atoms with Crippen molar-refractivity contribution in [3.63, 3.8) is 0 Å². The van der Waals surface area contributed by atoms with Gasteiger partial charge in [0.25, 0.3) is 0 Å². The molecule has 102 valence electrons. The standard InChI is InChI=1S/C6H14NO.2C4H9.Al/c1-4-5-6(8)7(2)3;2*1-4(2)3;/h6H,4-5H2,1-3H3;2*4H,1H2,2-3H3;/q-1;;;+1. The number of hydrogen-bond acceptors (Lipinski definition) is 2. The fourth-order valence-corrected chi connectivity index (χ4v) is 5.52. The molecular weight excluding hydrogens is 225 g/mol. The van der Waals surface area contributed by atoms with Gasteiger partial charge in [-0.05, 0) is 20.5 Å². The molecule has 0 N–H and O–H groups in total. The fraction of sp³-hybridized carbons (Fsp3) is 1.00. The van der Waals surface area contributed by atoms with Crippen LogP contribution in [0.25, 0.3) is 0 Å². The number of nitrogens with zero attached hydrogens (tertiary/aromatic N) is 1. The third-order valence-corrected chi connectivity index (χ3v) is 6.57. The Morgan fingerprint density at radius 3 is 1.76 bits per heavy atom. The largest absolute Gasteiger partial charge is 0.487 e. The van der Waals surface area contributed by atoms with Crippen molar-refractivity contribution in [2.45, 2.75) is 64.3 Å². The van der Waals surface area contributed by atoms with E-state index >= 15 is 0 Å². The third-order valence-electron chi connectivity index (χ3n) is 2.93. The third kappa shape index (κ3) is 9.08. The van der Waals surface area contributed by atoms with Crippen LogP contribution in [0.1, 0.15) is 47.5 Å². The topological polar surface area (TPSA) is 12.5 Å². The molecule has 2 nitrogen and oxygen atoms in total. The smallest absolute Gasteiger partial charge is 0.462 e. The van der Waals surface area contributed by atoms with E-state index in [1.807, 2.05) is 0 Å². The maximum atomic E-state index is 6.44. The predicted molar refractivity (Wildman–Crippen MR) is 78.5 cm³/mol. The van der Waals surface area contributed by atoms with E-state index in [1.165, 1.54) is 17.0 Å². The van der Waals surface area contributed by atoms with Crippen LogP contribution < -0.4 is 0 Å². The monoisotopic (exact) mass is 257 g/mol. The Labute approximate surface area is 113 Å². The van der Waals surface area contributed by atoms with Crippen molar-refractivity contribution in [3.8, 4) is 0 Å². The lowest BCUT2D eigenvalue weighted by Gasteiger charge is -2.29. The van der Waals surface area contributed by atoms with Crippen LogP contribution in [-0.2, 0) is 3.79 Å². The molecule has 1 unspecified atom stereocenters. The summed E-state index contributed by atoms with van der Waals surface area (Å²) in [6.45, 7) is 11.5. The Balaban J connectivity index is 4.35. The quantitative estimate of drug-likeness (QED) is 0.457. The van der Waals surface area contributed by atoms with Gasteiger partial charge in [0.15, 0.2) is 0 Å². The summed E-state index contributed by atoms with van der Waals surface area (Å²) in [4.78, 5) is 2.24. The molecule has 0 heterocycles. The molecule has 0 aliphatic heterocycles. The molecule has 0 radical (unpaired) electrons. The molecule has 0 aromatic rings. The molecule has 0 aliphatic carbocycles. The fourth-order valence-electron chi connectivity index (χ4n) is 2.18. The van der Waals surface area contributed by atoms with Gasteiger partial charge in [0.05, 0.1) is 6.23 Å². The zero-order valence-electron chi connectivity index (χ0n) is 13.0. The summed E-state index contributed by atoms with van der Waals surface area (Å²) >= 11 is -1.04. The Bertz CT molecular complexity index is 173. The first-order valence-electron chi connectivity index (χ1n) is 7.18. The van der Waals surface area contributed by atoms with Crippen LogP contribution in [0.4, 0.5) is 0 Å². The van der Waals surface area contributed by atoms with Gasteiger partial charge in [-0.2, -0.15) is 0 Å². The van der Waals surface area contributed by atoms with Gasteiger partial charge in [-0.15, -0.1) is 0 Å². The van der Waals surface area contributed by atoms with E-state index in [4.69, 9.17) is 3.79 Å². The van der Waals surface area contributed by atoms with E-state index in [9.17, 15) is 0 Å². The molecule has 0 aliphatic rings. The number of rotatable bonds is 9. The highest BCUT2D eigenvalue weighted by atomic mass is 27.2. The van der Waals surface area contributed by atoms with Crippen molar-refractivity contribution in [1.29, 1.82) is 0 Å². The molecule has 17 heavy (non-hydrogen) atoms. The highest BCUT2D eigenvalue weighted by Crippen LogP contribution is 2.19. The predicted octanol–water partition coefficient (Wildman–Crippen LogP) is 3.99. The first-order chi connectivity index (χ1) is 7.86. The van der Waals surface area contributed by atoms with Gasteiger partial charge < -0.3 is 3.79 Å². The maximum absolute atomic E-state index is 6.44. The normalized spacial score (nSPS) is 13.8.